The number of hydrogen-bond donors (Lipinski definition) is 3. The lowest BCUT2D eigenvalue weighted by Crippen LogP contribution is -2.48. The number of hydrogen-bond acceptors (Lipinski definition) is 12. The fraction of sp³-hybridized carbons (Fsp3) is 0.561. The normalized spacial score (nSPS) is 13.3. The summed E-state index contributed by atoms with van der Waals surface area (Å²) in [5.74, 6) is -3.80. The van der Waals surface area contributed by atoms with E-state index >= 15 is 0 Å². The van der Waals surface area contributed by atoms with Crippen LogP contribution in [0.2, 0.25) is 0 Å². The monoisotopic (exact) mass is 782 g/mol. The zero-order valence-corrected chi connectivity index (χ0v) is 34.1. The van der Waals surface area contributed by atoms with Gasteiger partial charge in [0.15, 0.2) is 0 Å². The van der Waals surface area contributed by atoms with Gasteiger partial charge in [-0.25, -0.2) is 9.59 Å². The van der Waals surface area contributed by atoms with Gasteiger partial charge >= 0.3 is 30.0 Å². The SMILES string of the molecule is CC(C)(C)OC(=O)CN(CCN(CC(=O)OC(C)(C)C)CC(=O)OC(C)(C)C)CC(=O)NCC[C@H](NC(=O)OCC1c2ccccc2-c2ccccc21)C(=O)O. The van der Waals surface area contributed by atoms with Crippen molar-refractivity contribution in [1.82, 2.24) is 20.4 Å². The number of carbonyl (C=O) groups excluding carboxylic acids is 5. The number of alkyl carbamates (subject to hydrolysis) is 1. The van der Waals surface area contributed by atoms with Crippen LogP contribution in [0, 0.1) is 0 Å². The average Bonchev–Trinajstić information content (AvgIpc) is 3.36. The molecule has 1 atom stereocenters. The van der Waals surface area contributed by atoms with E-state index in [9.17, 15) is 33.9 Å². The Bertz CT molecular complexity index is 1630. The van der Waals surface area contributed by atoms with Crippen LogP contribution in [-0.4, -0.2) is 126 Å². The molecule has 0 aliphatic heterocycles. The Morgan fingerprint density at radius 3 is 1.48 bits per heavy atom. The van der Waals surface area contributed by atoms with Crippen LogP contribution < -0.4 is 10.6 Å². The maximum Gasteiger partial charge on any atom is 0.407 e. The summed E-state index contributed by atoms with van der Waals surface area (Å²) in [6, 6.07) is 14.3. The van der Waals surface area contributed by atoms with Gasteiger partial charge in [-0.05, 0) is 91.0 Å². The van der Waals surface area contributed by atoms with E-state index in [1.165, 1.54) is 9.80 Å². The topological polar surface area (TPSA) is 190 Å². The molecule has 0 saturated carbocycles. The van der Waals surface area contributed by atoms with Crippen molar-refractivity contribution in [3.8, 4) is 11.1 Å². The van der Waals surface area contributed by atoms with Crippen LogP contribution >= 0.6 is 0 Å². The van der Waals surface area contributed by atoms with Gasteiger partial charge in [-0.15, -0.1) is 0 Å². The summed E-state index contributed by atoms with van der Waals surface area (Å²) in [6.45, 7) is 14.4. The molecule has 2 amide bonds. The van der Waals surface area contributed by atoms with Gasteiger partial charge in [-0.3, -0.25) is 29.0 Å². The average molecular weight is 783 g/mol. The highest BCUT2D eigenvalue weighted by atomic mass is 16.6. The molecule has 2 aromatic carbocycles. The molecule has 15 nitrogen and oxygen atoms in total. The first-order valence-corrected chi connectivity index (χ1v) is 18.7. The Hall–Kier alpha value is -5.02. The van der Waals surface area contributed by atoms with Crippen LogP contribution in [0.15, 0.2) is 48.5 Å². The van der Waals surface area contributed by atoms with Crippen molar-refractivity contribution in [3.05, 3.63) is 59.7 Å². The molecule has 0 bridgehead atoms. The first kappa shape index (κ1) is 45.4. The summed E-state index contributed by atoms with van der Waals surface area (Å²) in [5.41, 5.74) is 1.81. The lowest BCUT2D eigenvalue weighted by atomic mass is 9.98. The van der Waals surface area contributed by atoms with Crippen molar-refractivity contribution in [2.24, 2.45) is 0 Å². The van der Waals surface area contributed by atoms with Gasteiger partial charge in [0.25, 0.3) is 0 Å². The smallest absolute Gasteiger partial charge is 0.407 e. The zero-order valence-electron chi connectivity index (χ0n) is 34.1. The molecule has 2 aromatic rings. The Labute approximate surface area is 329 Å². The second-order valence-electron chi connectivity index (χ2n) is 16.7. The first-order chi connectivity index (χ1) is 26.0. The third kappa shape index (κ3) is 16.0. The van der Waals surface area contributed by atoms with Crippen molar-refractivity contribution in [2.75, 3.05) is 52.4 Å². The van der Waals surface area contributed by atoms with Gasteiger partial charge < -0.3 is 34.7 Å². The molecule has 56 heavy (non-hydrogen) atoms. The summed E-state index contributed by atoms with van der Waals surface area (Å²) in [6.07, 6.45) is -1.06. The molecular weight excluding hydrogens is 724 g/mol. The molecule has 0 saturated heterocycles. The van der Waals surface area contributed by atoms with Crippen LogP contribution in [0.1, 0.15) is 85.8 Å². The highest BCUT2D eigenvalue weighted by Crippen LogP contribution is 2.44. The minimum Gasteiger partial charge on any atom is -0.480 e. The molecule has 15 heteroatoms. The number of nitrogens with one attached hydrogen (secondary N) is 2. The molecule has 0 aromatic heterocycles. The van der Waals surface area contributed by atoms with Crippen LogP contribution in [0.4, 0.5) is 4.79 Å². The molecular formula is C41H58N4O11. The Morgan fingerprint density at radius 1 is 0.661 bits per heavy atom. The summed E-state index contributed by atoms with van der Waals surface area (Å²) in [5, 5.41) is 14.8. The largest absolute Gasteiger partial charge is 0.480 e. The molecule has 0 radical (unpaired) electrons. The van der Waals surface area contributed by atoms with Gasteiger partial charge in [0, 0.05) is 25.6 Å². The van der Waals surface area contributed by atoms with Gasteiger partial charge in [0.2, 0.25) is 5.91 Å². The number of ether oxygens (including phenoxy) is 4. The fourth-order valence-corrected chi connectivity index (χ4v) is 6.03. The van der Waals surface area contributed by atoms with E-state index < -0.39 is 58.7 Å². The molecule has 3 rings (SSSR count). The summed E-state index contributed by atoms with van der Waals surface area (Å²) in [4.78, 5) is 79.2. The van der Waals surface area contributed by atoms with E-state index in [0.29, 0.717) is 0 Å². The Morgan fingerprint density at radius 2 is 1.07 bits per heavy atom. The second kappa shape index (κ2) is 19.7. The minimum atomic E-state index is -1.36. The van der Waals surface area contributed by atoms with Gasteiger partial charge in [0.05, 0.1) is 26.2 Å². The van der Waals surface area contributed by atoms with E-state index in [4.69, 9.17) is 18.9 Å². The number of amides is 2. The Kier molecular flexibility index (Phi) is 16.0. The quantitative estimate of drug-likeness (QED) is 0.145. The molecule has 0 unspecified atom stereocenters. The lowest BCUT2D eigenvalue weighted by molar-refractivity contribution is -0.161. The third-order valence-electron chi connectivity index (χ3n) is 8.11. The Balaban J connectivity index is 1.60. The number of benzene rings is 2. The van der Waals surface area contributed by atoms with Crippen LogP contribution in [0.3, 0.4) is 0 Å². The van der Waals surface area contributed by atoms with E-state index in [1.54, 1.807) is 62.3 Å². The molecule has 3 N–H and O–H groups in total. The number of rotatable bonds is 18. The van der Waals surface area contributed by atoms with Gasteiger partial charge in [-0.1, -0.05) is 48.5 Å². The van der Waals surface area contributed by atoms with Gasteiger partial charge in [0.1, 0.15) is 29.5 Å². The van der Waals surface area contributed by atoms with E-state index in [2.05, 4.69) is 10.6 Å². The molecule has 0 spiro atoms. The zero-order chi connectivity index (χ0) is 41.8. The predicted octanol–water partition coefficient (Wildman–Crippen LogP) is 4.11. The number of aliphatic carboxylic acids is 1. The number of fused-ring (bicyclic) bond motifs is 3. The maximum atomic E-state index is 13.1. The second-order valence-corrected chi connectivity index (χ2v) is 16.7. The predicted molar refractivity (Wildman–Crippen MR) is 208 cm³/mol. The molecule has 0 heterocycles. The highest BCUT2D eigenvalue weighted by molar-refractivity contribution is 5.82. The summed E-state index contributed by atoms with van der Waals surface area (Å²) < 4.78 is 21.9. The number of esters is 3. The number of carboxylic acids is 1. The number of nitrogens with zero attached hydrogens (tertiary/aromatic N) is 2. The lowest BCUT2D eigenvalue weighted by Gasteiger charge is -2.29. The van der Waals surface area contributed by atoms with Crippen LogP contribution in [0.25, 0.3) is 11.1 Å². The first-order valence-electron chi connectivity index (χ1n) is 18.7. The molecule has 1 aliphatic carbocycles. The number of carboxylic acid groups (broad SMARTS) is 1. The molecule has 0 fully saturated rings. The minimum absolute atomic E-state index is 0.00337. The van der Waals surface area contributed by atoms with E-state index in [0.717, 1.165) is 22.3 Å². The number of carbonyl (C=O) groups is 6. The molecule has 1 aliphatic rings. The van der Waals surface area contributed by atoms with Crippen molar-refractivity contribution in [3.63, 3.8) is 0 Å². The fourth-order valence-electron chi connectivity index (χ4n) is 6.03. The van der Waals surface area contributed by atoms with E-state index in [-0.39, 0.29) is 64.8 Å². The molecule has 308 valence electrons. The van der Waals surface area contributed by atoms with Crippen LogP contribution in [-0.2, 0) is 42.9 Å². The van der Waals surface area contributed by atoms with Gasteiger partial charge in [-0.2, -0.15) is 0 Å². The summed E-state index contributed by atoms with van der Waals surface area (Å²) in [7, 11) is 0. The van der Waals surface area contributed by atoms with Crippen molar-refractivity contribution in [2.45, 2.75) is 97.5 Å². The maximum absolute atomic E-state index is 13.1. The van der Waals surface area contributed by atoms with Crippen LogP contribution in [0.5, 0.6) is 0 Å². The van der Waals surface area contributed by atoms with E-state index in [1.807, 2.05) is 48.5 Å². The third-order valence-corrected chi connectivity index (χ3v) is 8.11. The van der Waals surface area contributed by atoms with Crippen molar-refractivity contribution < 1.29 is 52.8 Å². The van der Waals surface area contributed by atoms with Crippen molar-refractivity contribution in [1.29, 1.82) is 0 Å². The standard InChI is InChI=1S/C41H58N4O11/c1-39(2,3)54-34(47)23-44(20-21-45(24-35(48)55-40(4,5)6)25-36(49)56-41(7,8)9)22-33(46)42-19-18-32(37(50)51)43-38(52)53-26-31-29-16-12-10-14-27(29)28-15-11-13-17-30(28)31/h10-17,31-32H,18-26H2,1-9H3,(H,42,46)(H,43,52)(H,50,51)/t32-/m0/s1. The highest BCUT2D eigenvalue weighted by Gasteiger charge is 2.30. The van der Waals surface area contributed by atoms with Crippen molar-refractivity contribution >= 4 is 35.9 Å². The summed E-state index contributed by atoms with van der Waals surface area (Å²) >= 11 is 0.